The summed E-state index contributed by atoms with van der Waals surface area (Å²) in [5, 5.41) is 0. The molecule has 0 radical (unpaired) electrons. The van der Waals surface area contributed by atoms with Crippen molar-refractivity contribution in [2.75, 3.05) is 19.8 Å². The summed E-state index contributed by atoms with van der Waals surface area (Å²) < 4.78 is 77.7. The quantitative estimate of drug-likeness (QED) is 0.358. The van der Waals surface area contributed by atoms with Crippen molar-refractivity contribution in [1.82, 2.24) is 0 Å². The first kappa shape index (κ1) is 24.3. The minimum atomic E-state index is -5.93. The standard InChI is InChI=1S/C20H31F5O4/c1-2-3-16-12-28-17(29-13-16)9-8-14-4-6-15(7-5-14)10-11-27-18(26)19(21,22)20(23,24)25/h14-17H,2-13H2,1H3. The molecule has 4 nitrogen and oxygen atoms in total. The van der Waals surface area contributed by atoms with Gasteiger partial charge in [-0.3, -0.25) is 0 Å². The van der Waals surface area contributed by atoms with E-state index in [1.807, 2.05) is 0 Å². The van der Waals surface area contributed by atoms with Crippen LogP contribution in [0.3, 0.4) is 0 Å². The second kappa shape index (κ2) is 10.9. The van der Waals surface area contributed by atoms with E-state index in [-0.39, 0.29) is 12.2 Å². The molecule has 9 heteroatoms. The predicted octanol–water partition coefficient (Wildman–Crippen LogP) is 5.49. The Balaban J connectivity index is 1.57. The lowest BCUT2D eigenvalue weighted by Gasteiger charge is -2.32. The monoisotopic (exact) mass is 430 g/mol. The normalized spacial score (nSPS) is 28.9. The molecule has 1 aliphatic heterocycles. The predicted molar refractivity (Wildman–Crippen MR) is 95.4 cm³/mol. The van der Waals surface area contributed by atoms with Crippen molar-refractivity contribution in [3.8, 4) is 0 Å². The molecule has 1 heterocycles. The SMILES string of the molecule is CCCC1COC(CCC2CCC(CCOC(=O)C(F)(F)C(F)(F)F)CC2)OC1. The molecule has 0 amide bonds. The number of carbonyl (C=O) groups is 1. The van der Waals surface area contributed by atoms with Gasteiger partial charge in [-0.25, -0.2) is 4.79 Å². The fraction of sp³-hybridized carbons (Fsp3) is 0.950. The van der Waals surface area contributed by atoms with Crippen molar-refractivity contribution in [1.29, 1.82) is 0 Å². The molecule has 0 unspecified atom stereocenters. The molecule has 0 bridgehead atoms. The van der Waals surface area contributed by atoms with E-state index in [0.717, 1.165) is 64.6 Å². The number of hydrogen-bond donors (Lipinski definition) is 0. The van der Waals surface area contributed by atoms with E-state index < -0.39 is 24.7 Å². The number of alkyl halides is 5. The number of esters is 1. The Labute approximate surface area is 168 Å². The van der Waals surface area contributed by atoms with Crippen LogP contribution in [0.4, 0.5) is 22.0 Å². The topological polar surface area (TPSA) is 44.8 Å². The molecule has 0 spiro atoms. The summed E-state index contributed by atoms with van der Waals surface area (Å²) in [6.45, 7) is 3.22. The van der Waals surface area contributed by atoms with Gasteiger partial charge < -0.3 is 14.2 Å². The van der Waals surface area contributed by atoms with Crippen LogP contribution in [0, 0.1) is 17.8 Å². The van der Waals surface area contributed by atoms with Gasteiger partial charge in [-0.1, -0.05) is 39.0 Å². The molecule has 2 aliphatic rings. The number of ether oxygens (including phenoxy) is 3. The summed E-state index contributed by atoms with van der Waals surface area (Å²) in [4.78, 5) is 11.0. The van der Waals surface area contributed by atoms with Gasteiger partial charge in [0.25, 0.3) is 0 Å². The lowest BCUT2D eigenvalue weighted by molar-refractivity contribution is -0.280. The lowest BCUT2D eigenvalue weighted by atomic mass is 9.79. The number of rotatable bonds is 9. The van der Waals surface area contributed by atoms with Gasteiger partial charge in [0.2, 0.25) is 0 Å². The number of carbonyl (C=O) groups excluding carboxylic acids is 1. The zero-order valence-corrected chi connectivity index (χ0v) is 16.8. The first-order valence-corrected chi connectivity index (χ1v) is 10.5. The Morgan fingerprint density at radius 2 is 1.41 bits per heavy atom. The average molecular weight is 430 g/mol. The van der Waals surface area contributed by atoms with Crippen molar-refractivity contribution in [3.63, 3.8) is 0 Å². The highest BCUT2D eigenvalue weighted by Gasteiger charge is 2.64. The van der Waals surface area contributed by atoms with Crippen LogP contribution in [0.25, 0.3) is 0 Å². The first-order chi connectivity index (χ1) is 13.6. The Hall–Kier alpha value is -0.960. The van der Waals surface area contributed by atoms with Crippen LogP contribution in [-0.4, -0.2) is 44.2 Å². The van der Waals surface area contributed by atoms with Gasteiger partial charge in [0.1, 0.15) is 0 Å². The zero-order chi connectivity index (χ0) is 21.5. The summed E-state index contributed by atoms with van der Waals surface area (Å²) in [6, 6.07) is 0. The third-order valence-corrected chi connectivity index (χ3v) is 5.88. The van der Waals surface area contributed by atoms with Crippen LogP contribution in [0.5, 0.6) is 0 Å². The van der Waals surface area contributed by atoms with Gasteiger partial charge in [0.05, 0.1) is 19.8 Å². The first-order valence-electron chi connectivity index (χ1n) is 10.5. The molecule has 170 valence electrons. The second-order valence-electron chi connectivity index (χ2n) is 8.21. The molecule has 0 aromatic rings. The highest BCUT2D eigenvalue weighted by molar-refractivity contribution is 5.78. The van der Waals surface area contributed by atoms with E-state index in [1.54, 1.807) is 0 Å². The van der Waals surface area contributed by atoms with Crippen LogP contribution in [-0.2, 0) is 19.0 Å². The van der Waals surface area contributed by atoms with Gasteiger partial charge in [-0.15, -0.1) is 0 Å². The van der Waals surface area contributed by atoms with Gasteiger partial charge in [0, 0.05) is 5.92 Å². The van der Waals surface area contributed by atoms with E-state index >= 15 is 0 Å². The lowest BCUT2D eigenvalue weighted by Crippen LogP contribution is -2.45. The molecule has 1 aliphatic carbocycles. The maximum atomic E-state index is 12.8. The molecule has 1 saturated carbocycles. The van der Waals surface area contributed by atoms with Gasteiger partial charge in [-0.2, -0.15) is 22.0 Å². The molecular weight excluding hydrogens is 399 g/mol. The molecule has 2 fully saturated rings. The molecule has 1 saturated heterocycles. The Morgan fingerprint density at radius 1 is 0.862 bits per heavy atom. The maximum Gasteiger partial charge on any atom is 0.465 e. The van der Waals surface area contributed by atoms with Crippen molar-refractivity contribution >= 4 is 5.97 Å². The highest BCUT2D eigenvalue weighted by Crippen LogP contribution is 2.37. The number of halogens is 5. The Morgan fingerprint density at radius 3 is 1.93 bits per heavy atom. The van der Waals surface area contributed by atoms with E-state index in [1.165, 1.54) is 0 Å². The smallest absolute Gasteiger partial charge is 0.461 e. The second-order valence-corrected chi connectivity index (χ2v) is 8.21. The summed E-state index contributed by atoms with van der Waals surface area (Å²) in [5.41, 5.74) is 0. The summed E-state index contributed by atoms with van der Waals surface area (Å²) in [6.07, 6.45) is 1.92. The molecule has 0 N–H and O–H groups in total. The van der Waals surface area contributed by atoms with Gasteiger partial charge >= 0.3 is 18.1 Å². The summed E-state index contributed by atoms with van der Waals surface area (Å²) in [7, 11) is 0. The molecular formula is C20H31F5O4. The molecule has 2 rings (SSSR count). The Kier molecular flexibility index (Phi) is 9.13. The van der Waals surface area contributed by atoms with Crippen molar-refractivity contribution < 1.29 is 41.0 Å². The number of hydrogen-bond acceptors (Lipinski definition) is 4. The minimum absolute atomic E-state index is 0.143. The molecule has 0 atom stereocenters. The van der Waals surface area contributed by atoms with Crippen LogP contribution in [0.2, 0.25) is 0 Å². The molecule has 29 heavy (non-hydrogen) atoms. The average Bonchev–Trinajstić information content (AvgIpc) is 2.67. The third kappa shape index (κ3) is 7.35. The Bertz CT molecular complexity index is 496. The third-order valence-electron chi connectivity index (χ3n) is 5.88. The van der Waals surface area contributed by atoms with E-state index in [2.05, 4.69) is 11.7 Å². The zero-order valence-electron chi connectivity index (χ0n) is 16.8. The minimum Gasteiger partial charge on any atom is -0.461 e. The molecule has 0 aromatic carbocycles. The van der Waals surface area contributed by atoms with Crippen LogP contribution in [0.15, 0.2) is 0 Å². The van der Waals surface area contributed by atoms with E-state index in [0.29, 0.717) is 18.3 Å². The summed E-state index contributed by atoms with van der Waals surface area (Å²) >= 11 is 0. The maximum absolute atomic E-state index is 12.8. The van der Waals surface area contributed by atoms with E-state index in [9.17, 15) is 26.7 Å². The van der Waals surface area contributed by atoms with Gasteiger partial charge in [-0.05, 0) is 37.5 Å². The van der Waals surface area contributed by atoms with Crippen molar-refractivity contribution in [2.45, 2.75) is 83.1 Å². The fourth-order valence-electron chi connectivity index (χ4n) is 4.03. The molecule has 0 aromatic heterocycles. The largest absolute Gasteiger partial charge is 0.465 e. The highest BCUT2D eigenvalue weighted by atomic mass is 19.4. The van der Waals surface area contributed by atoms with Crippen LogP contribution >= 0.6 is 0 Å². The summed E-state index contributed by atoms with van der Waals surface area (Å²) in [5.74, 6) is -6.78. The van der Waals surface area contributed by atoms with Crippen molar-refractivity contribution in [2.24, 2.45) is 17.8 Å². The van der Waals surface area contributed by atoms with Gasteiger partial charge in [0.15, 0.2) is 6.29 Å². The van der Waals surface area contributed by atoms with Crippen LogP contribution in [0.1, 0.15) is 64.7 Å². The van der Waals surface area contributed by atoms with E-state index in [4.69, 9.17) is 9.47 Å². The fourth-order valence-corrected chi connectivity index (χ4v) is 4.03. The van der Waals surface area contributed by atoms with Crippen molar-refractivity contribution in [3.05, 3.63) is 0 Å². The van der Waals surface area contributed by atoms with Crippen LogP contribution < -0.4 is 0 Å².